The summed E-state index contributed by atoms with van der Waals surface area (Å²) < 4.78 is 5.14. The minimum Gasteiger partial charge on any atom is -0.383 e. The smallest absolute Gasteiger partial charge is 0.238 e. The number of rotatable bonds is 8. The summed E-state index contributed by atoms with van der Waals surface area (Å²) in [5.74, 6) is -0.0155. The molecule has 1 N–H and O–H groups in total. The Morgan fingerprint density at radius 2 is 1.68 bits per heavy atom. The molecule has 0 aromatic heterocycles. The van der Waals surface area contributed by atoms with E-state index >= 15 is 0 Å². The maximum atomic E-state index is 12.2. The van der Waals surface area contributed by atoms with Crippen LogP contribution in [0.2, 0.25) is 0 Å². The van der Waals surface area contributed by atoms with Crippen molar-refractivity contribution >= 4 is 11.6 Å². The second-order valence-corrected chi connectivity index (χ2v) is 5.10. The minimum absolute atomic E-state index is 0.0155. The number of benzene rings is 2. The predicted octanol–water partition coefficient (Wildman–Crippen LogP) is 2.77. The Balaban J connectivity index is 1.92. The fourth-order valence-electron chi connectivity index (χ4n) is 2.20. The number of nitrogens with zero attached hydrogens (tertiary/aromatic N) is 1. The Morgan fingerprint density at radius 1 is 1.05 bits per heavy atom. The predicted molar refractivity (Wildman–Crippen MR) is 88.7 cm³/mol. The first kappa shape index (κ1) is 16.2. The van der Waals surface area contributed by atoms with Crippen LogP contribution in [0.5, 0.6) is 0 Å². The molecule has 2 rings (SSSR count). The van der Waals surface area contributed by atoms with Crippen molar-refractivity contribution < 1.29 is 9.53 Å². The van der Waals surface area contributed by atoms with Crippen LogP contribution in [0.15, 0.2) is 60.7 Å². The second kappa shape index (κ2) is 8.97. The molecule has 4 nitrogen and oxygen atoms in total. The van der Waals surface area contributed by atoms with Gasteiger partial charge in [0.1, 0.15) is 0 Å². The number of anilines is 1. The third kappa shape index (κ3) is 5.68. The lowest BCUT2D eigenvalue weighted by atomic mass is 10.2. The third-order valence-corrected chi connectivity index (χ3v) is 3.29. The summed E-state index contributed by atoms with van der Waals surface area (Å²) in [6.45, 7) is 2.39. The molecule has 1 amide bonds. The quantitative estimate of drug-likeness (QED) is 0.815. The molecule has 0 heterocycles. The van der Waals surface area contributed by atoms with Crippen LogP contribution in [0.25, 0.3) is 0 Å². The Labute approximate surface area is 131 Å². The molecule has 2 aromatic carbocycles. The van der Waals surface area contributed by atoms with Crippen molar-refractivity contribution in [1.29, 1.82) is 0 Å². The summed E-state index contributed by atoms with van der Waals surface area (Å²) in [7, 11) is 1.67. The Hall–Kier alpha value is -2.17. The van der Waals surface area contributed by atoms with E-state index in [1.165, 1.54) is 5.56 Å². The van der Waals surface area contributed by atoms with Gasteiger partial charge in [0.15, 0.2) is 0 Å². The molecule has 116 valence electrons. The van der Waals surface area contributed by atoms with E-state index in [0.717, 1.165) is 12.2 Å². The molecule has 0 unspecified atom stereocenters. The van der Waals surface area contributed by atoms with Gasteiger partial charge >= 0.3 is 0 Å². The van der Waals surface area contributed by atoms with Crippen LogP contribution in [0.3, 0.4) is 0 Å². The maximum Gasteiger partial charge on any atom is 0.238 e. The molecule has 0 bridgehead atoms. The number of para-hydroxylation sites is 1. The van der Waals surface area contributed by atoms with Gasteiger partial charge in [0.2, 0.25) is 5.91 Å². The normalized spacial score (nSPS) is 10.6. The monoisotopic (exact) mass is 298 g/mol. The van der Waals surface area contributed by atoms with Crippen molar-refractivity contribution in [2.75, 3.05) is 32.1 Å². The van der Waals surface area contributed by atoms with Crippen LogP contribution in [0.4, 0.5) is 5.69 Å². The molecule has 0 radical (unpaired) electrons. The van der Waals surface area contributed by atoms with Gasteiger partial charge in [0.05, 0.1) is 13.2 Å². The highest BCUT2D eigenvalue weighted by molar-refractivity contribution is 5.92. The van der Waals surface area contributed by atoms with E-state index < -0.39 is 0 Å². The number of hydrogen-bond acceptors (Lipinski definition) is 3. The third-order valence-electron chi connectivity index (χ3n) is 3.29. The highest BCUT2D eigenvalue weighted by Crippen LogP contribution is 2.07. The van der Waals surface area contributed by atoms with Gasteiger partial charge in [-0.1, -0.05) is 48.5 Å². The van der Waals surface area contributed by atoms with E-state index in [2.05, 4.69) is 22.3 Å². The Morgan fingerprint density at radius 3 is 2.32 bits per heavy atom. The molecule has 0 aliphatic carbocycles. The molecule has 0 fully saturated rings. The van der Waals surface area contributed by atoms with Crippen LogP contribution in [0.1, 0.15) is 5.56 Å². The van der Waals surface area contributed by atoms with E-state index in [4.69, 9.17) is 4.74 Å². The number of hydrogen-bond donors (Lipinski definition) is 1. The number of methoxy groups -OCH3 is 1. The Bertz CT molecular complexity index is 558. The molecule has 0 aliphatic heterocycles. The van der Waals surface area contributed by atoms with Crippen molar-refractivity contribution in [3.63, 3.8) is 0 Å². The molecule has 0 saturated carbocycles. The standard InChI is InChI=1S/C18H22N2O2/c1-22-13-12-20(14-16-8-4-2-5-9-16)15-18(21)19-17-10-6-3-7-11-17/h2-11H,12-15H2,1H3,(H,19,21). The summed E-state index contributed by atoms with van der Waals surface area (Å²) in [4.78, 5) is 14.3. The molecule has 4 heteroatoms. The Kier molecular flexibility index (Phi) is 6.61. The van der Waals surface area contributed by atoms with E-state index in [1.807, 2.05) is 48.5 Å². The van der Waals surface area contributed by atoms with Crippen LogP contribution >= 0.6 is 0 Å². The van der Waals surface area contributed by atoms with Gasteiger partial charge in [0.25, 0.3) is 0 Å². The SMILES string of the molecule is COCCN(CC(=O)Nc1ccccc1)Cc1ccccc1. The second-order valence-electron chi connectivity index (χ2n) is 5.10. The zero-order chi connectivity index (χ0) is 15.6. The first-order valence-corrected chi connectivity index (χ1v) is 7.38. The first-order valence-electron chi connectivity index (χ1n) is 7.38. The number of carbonyl (C=O) groups excluding carboxylic acids is 1. The topological polar surface area (TPSA) is 41.6 Å². The van der Waals surface area contributed by atoms with Gasteiger partial charge < -0.3 is 10.1 Å². The van der Waals surface area contributed by atoms with Gasteiger partial charge in [-0.3, -0.25) is 9.69 Å². The summed E-state index contributed by atoms with van der Waals surface area (Å²) in [5, 5.41) is 2.91. The molecule has 0 atom stereocenters. The lowest BCUT2D eigenvalue weighted by Crippen LogP contribution is -2.35. The summed E-state index contributed by atoms with van der Waals surface area (Å²) in [5.41, 5.74) is 2.00. The number of carbonyl (C=O) groups is 1. The lowest BCUT2D eigenvalue weighted by molar-refractivity contribution is -0.117. The zero-order valence-electron chi connectivity index (χ0n) is 12.9. The minimum atomic E-state index is -0.0155. The molecule has 2 aromatic rings. The summed E-state index contributed by atoms with van der Waals surface area (Å²) in [6, 6.07) is 19.6. The van der Waals surface area contributed by atoms with E-state index in [-0.39, 0.29) is 5.91 Å². The zero-order valence-corrected chi connectivity index (χ0v) is 12.9. The number of ether oxygens (including phenoxy) is 1. The van der Waals surface area contributed by atoms with Gasteiger partial charge in [0, 0.05) is 25.9 Å². The summed E-state index contributed by atoms with van der Waals surface area (Å²) >= 11 is 0. The van der Waals surface area contributed by atoms with Gasteiger partial charge in [-0.2, -0.15) is 0 Å². The van der Waals surface area contributed by atoms with E-state index in [9.17, 15) is 4.79 Å². The molecule has 0 saturated heterocycles. The van der Waals surface area contributed by atoms with E-state index in [1.54, 1.807) is 7.11 Å². The van der Waals surface area contributed by atoms with E-state index in [0.29, 0.717) is 19.7 Å². The van der Waals surface area contributed by atoms with Crippen molar-refractivity contribution in [1.82, 2.24) is 4.90 Å². The highest BCUT2D eigenvalue weighted by atomic mass is 16.5. The first-order chi connectivity index (χ1) is 10.8. The van der Waals surface area contributed by atoms with Gasteiger partial charge in [-0.05, 0) is 17.7 Å². The van der Waals surface area contributed by atoms with Crippen molar-refractivity contribution in [2.45, 2.75) is 6.54 Å². The summed E-state index contributed by atoms with van der Waals surface area (Å²) in [6.07, 6.45) is 0. The van der Waals surface area contributed by atoms with Crippen LogP contribution in [-0.2, 0) is 16.1 Å². The average Bonchev–Trinajstić information content (AvgIpc) is 2.54. The molecular formula is C18H22N2O2. The maximum absolute atomic E-state index is 12.2. The van der Waals surface area contributed by atoms with Gasteiger partial charge in [-0.15, -0.1) is 0 Å². The molecule has 22 heavy (non-hydrogen) atoms. The van der Waals surface area contributed by atoms with Crippen molar-refractivity contribution in [2.24, 2.45) is 0 Å². The van der Waals surface area contributed by atoms with Crippen LogP contribution in [-0.4, -0.2) is 37.6 Å². The van der Waals surface area contributed by atoms with Crippen LogP contribution < -0.4 is 5.32 Å². The lowest BCUT2D eigenvalue weighted by Gasteiger charge is -2.21. The van der Waals surface area contributed by atoms with Gasteiger partial charge in [-0.25, -0.2) is 0 Å². The average molecular weight is 298 g/mol. The fourth-order valence-corrected chi connectivity index (χ4v) is 2.20. The van der Waals surface area contributed by atoms with Crippen molar-refractivity contribution in [3.05, 3.63) is 66.2 Å². The molecule has 0 spiro atoms. The molecule has 0 aliphatic rings. The number of nitrogens with one attached hydrogen (secondary N) is 1. The molecular weight excluding hydrogens is 276 g/mol. The number of amides is 1. The highest BCUT2D eigenvalue weighted by Gasteiger charge is 2.11. The largest absolute Gasteiger partial charge is 0.383 e. The van der Waals surface area contributed by atoms with Crippen LogP contribution in [0, 0.1) is 0 Å². The van der Waals surface area contributed by atoms with Crippen molar-refractivity contribution in [3.8, 4) is 0 Å². The fraction of sp³-hybridized carbons (Fsp3) is 0.278.